The molecule has 39 heavy (non-hydrogen) atoms. The monoisotopic (exact) mass is 526 g/mol. The zero-order valence-corrected chi connectivity index (χ0v) is 21.6. The first-order chi connectivity index (χ1) is 19.1. The summed E-state index contributed by atoms with van der Waals surface area (Å²) in [6.45, 7) is 0. The Morgan fingerprint density at radius 2 is 1.38 bits per heavy atom. The first-order valence-corrected chi connectivity index (χ1v) is 12.9. The maximum absolute atomic E-state index is 14.8. The maximum atomic E-state index is 14.8. The number of benzene rings is 4. The molecule has 1 aliphatic carbocycles. The molecular formula is C33H23ClN4O. The fourth-order valence-corrected chi connectivity index (χ4v) is 5.76. The third-order valence-corrected chi connectivity index (χ3v) is 7.65. The summed E-state index contributed by atoms with van der Waals surface area (Å²) in [5.74, 6) is -0.884. The third-order valence-electron chi connectivity index (χ3n) is 7.30. The number of nitriles is 1. The van der Waals surface area contributed by atoms with Gasteiger partial charge in [-0.25, -0.2) is 0 Å². The molecule has 0 fully saturated rings. The molecule has 2 atom stereocenters. The lowest BCUT2D eigenvalue weighted by atomic mass is 9.62. The number of carbonyl (C=O) groups is 1. The minimum atomic E-state index is -1.53. The number of allylic oxidation sites excluding steroid dienone is 2. The van der Waals surface area contributed by atoms with E-state index in [0.29, 0.717) is 22.0 Å². The Hall–Kier alpha value is -4.92. The van der Waals surface area contributed by atoms with Gasteiger partial charge in [-0.1, -0.05) is 115 Å². The van der Waals surface area contributed by atoms with Crippen molar-refractivity contribution in [2.24, 2.45) is 16.3 Å². The molecule has 2 N–H and O–H groups in total. The Morgan fingerprint density at radius 3 is 2.00 bits per heavy atom. The molecule has 4 aromatic carbocycles. The van der Waals surface area contributed by atoms with E-state index in [1.54, 1.807) is 6.07 Å². The van der Waals surface area contributed by atoms with Crippen molar-refractivity contribution in [3.63, 3.8) is 0 Å². The van der Waals surface area contributed by atoms with Crippen LogP contribution in [-0.4, -0.2) is 11.6 Å². The van der Waals surface area contributed by atoms with Gasteiger partial charge in [-0.3, -0.25) is 4.79 Å². The largest absolute Gasteiger partial charge is 0.400 e. The van der Waals surface area contributed by atoms with E-state index in [9.17, 15) is 10.1 Å². The lowest BCUT2D eigenvalue weighted by Crippen LogP contribution is -2.47. The molecule has 1 spiro atoms. The van der Waals surface area contributed by atoms with Crippen LogP contribution in [0.3, 0.4) is 0 Å². The second kappa shape index (κ2) is 9.75. The molecule has 1 amide bonds. The number of hydrogen-bond donors (Lipinski definition) is 1. The molecule has 0 saturated carbocycles. The fraction of sp³-hybridized carbons (Fsp3) is 0.0606. The van der Waals surface area contributed by atoms with Gasteiger partial charge < -0.3 is 5.73 Å². The summed E-state index contributed by atoms with van der Waals surface area (Å²) in [6, 6.07) is 38.1. The summed E-state index contributed by atoms with van der Waals surface area (Å²) in [5.41, 5.74) is 9.97. The minimum absolute atomic E-state index is 0.155. The van der Waals surface area contributed by atoms with E-state index in [1.807, 2.05) is 115 Å². The van der Waals surface area contributed by atoms with E-state index in [1.165, 1.54) is 5.01 Å². The number of amides is 1. The van der Waals surface area contributed by atoms with Crippen LogP contribution in [0.4, 0.5) is 5.69 Å². The van der Waals surface area contributed by atoms with Gasteiger partial charge in [-0.05, 0) is 40.5 Å². The summed E-state index contributed by atoms with van der Waals surface area (Å²) >= 11 is 6.63. The fourth-order valence-electron chi connectivity index (χ4n) is 5.50. The summed E-state index contributed by atoms with van der Waals surface area (Å²) < 4.78 is 0. The smallest absolute Gasteiger partial charge is 0.270 e. The quantitative estimate of drug-likeness (QED) is 0.321. The van der Waals surface area contributed by atoms with Gasteiger partial charge >= 0.3 is 0 Å². The van der Waals surface area contributed by atoms with Gasteiger partial charge in [0.15, 0.2) is 5.41 Å². The lowest BCUT2D eigenvalue weighted by Gasteiger charge is -2.38. The Labute approximate surface area is 231 Å². The Balaban J connectivity index is 1.69. The van der Waals surface area contributed by atoms with Crippen LogP contribution in [0.25, 0.3) is 5.57 Å². The molecule has 5 nitrogen and oxygen atoms in total. The highest BCUT2D eigenvalue weighted by Gasteiger charge is 2.59. The molecule has 6 rings (SSSR count). The van der Waals surface area contributed by atoms with E-state index in [2.05, 4.69) is 6.07 Å². The van der Waals surface area contributed by atoms with E-state index < -0.39 is 11.3 Å². The highest BCUT2D eigenvalue weighted by molar-refractivity contribution is 6.34. The van der Waals surface area contributed by atoms with Crippen LogP contribution in [-0.2, 0) is 4.79 Å². The van der Waals surface area contributed by atoms with Crippen molar-refractivity contribution in [3.8, 4) is 6.07 Å². The molecule has 0 aromatic heterocycles. The molecular weight excluding hydrogens is 504 g/mol. The van der Waals surface area contributed by atoms with Crippen LogP contribution >= 0.6 is 11.6 Å². The number of anilines is 1. The highest BCUT2D eigenvalue weighted by Crippen LogP contribution is 2.55. The lowest BCUT2D eigenvalue weighted by molar-refractivity contribution is -0.120. The second-order valence-electron chi connectivity index (χ2n) is 9.40. The van der Waals surface area contributed by atoms with Gasteiger partial charge in [0.1, 0.15) is 0 Å². The highest BCUT2D eigenvalue weighted by atomic mass is 35.5. The summed E-state index contributed by atoms with van der Waals surface area (Å²) in [7, 11) is 0. The zero-order chi connectivity index (χ0) is 27.0. The number of para-hydroxylation sites is 1. The third kappa shape index (κ3) is 3.77. The van der Waals surface area contributed by atoms with Crippen LogP contribution < -0.4 is 10.7 Å². The predicted molar refractivity (Wildman–Crippen MR) is 155 cm³/mol. The average Bonchev–Trinajstić information content (AvgIpc) is 3.29. The van der Waals surface area contributed by atoms with Gasteiger partial charge in [-0.15, -0.1) is 0 Å². The van der Waals surface area contributed by atoms with Crippen LogP contribution in [0.1, 0.15) is 22.6 Å². The Bertz CT molecular complexity index is 1710. The van der Waals surface area contributed by atoms with Crippen molar-refractivity contribution in [3.05, 3.63) is 154 Å². The van der Waals surface area contributed by atoms with Crippen molar-refractivity contribution < 1.29 is 4.79 Å². The van der Waals surface area contributed by atoms with Gasteiger partial charge in [0.2, 0.25) is 0 Å². The summed E-state index contributed by atoms with van der Waals surface area (Å²) in [6.07, 6.45) is 1.95. The number of rotatable bonds is 4. The van der Waals surface area contributed by atoms with E-state index in [0.717, 1.165) is 16.7 Å². The van der Waals surface area contributed by atoms with Gasteiger partial charge in [0, 0.05) is 16.6 Å². The number of hydrazone groups is 1. The molecule has 0 saturated heterocycles. The van der Waals surface area contributed by atoms with Gasteiger partial charge in [-0.2, -0.15) is 15.4 Å². The zero-order valence-electron chi connectivity index (χ0n) is 20.8. The van der Waals surface area contributed by atoms with E-state index in [-0.39, 0.29) is 17.2 Å². The van der Waals surface area contributed by atoms with Gasteiger partial charge in [0.05, 0.1) is 23.0 Å². The molecule has 1 aliphatic heterocycles. The molecule has 6 heteroatoms. The van der Waals surface area contributed by atoms with Crippen LogP contribution in [0.2, 0.25) is 5.02 Å². The normalized spacial score (nSPS) is 20.6. The average molecular weight is 527 g/mol. The van der Waals surface area contributed by atoms with E-state index in [4.69, 9.17) is 22.4 Å². The standard InChI is InChI=1S/C33H23ClN4O/c34-29-19-11-10-18-25(29)26-20-28(22-12-4-1-5-13-22)33(30(36)27(26)21-35)31(23-14-6-2-7-15-23)37-38(32(33)39)24-16-8-3-9-17-24/h1-20,26H,36H2/t26-,33+/m1/s1. The van der Waals surface area contributed by atoms with Gasteiger partial charge in [0.25, 0.3) is 5.91 Å². The molecule has 0 unspecified atom stereocenters. The molecule has 188 valence electrons. The molecule has 1 heterocycles. The number of nitrogens with two attached hydrogens (primary N) is 1. The number of halogens is 1. The van der Waals surface area contributed by atoms with E-state index >= 15 is 0 Å². The van der Waals surface area contributed by atoms with Crippen molar-refractivity contribution >= 4 is 34.5 Å². The van der Waals surface area contributed by atoms with Crippen molar-refractivity contribution in [2.45, 2.75) is 5.92 Å². The number of hydrogen-bond acceptors (Lipinski definition) is 4. The minimum Gasteiger partial charge on any atom is -0.400 e. The van der Waals surface area contributed by atoms with Crippen molar-refractivity contribution in [1.29, 1.82) is 5.26 Å². The van der Waals surface area contributed by atoms with Crippen molar-refractivity contribution in [2.75, 3.05) is 5.01 Å². The summed E-state index contributed by atoms with van der Waals surface area (Å²) in [4.78, 5) is 14.8. The maximum Gasteiger partial charge on any atom is 0.270 e. The van der Waals surface area contributed by atoms with Crippen LogP contribution in [0.5, 0.6) is 0 Å². The molecule has 4 aromatic rings. The first-order valence-electron chi connectivity index (χ1n) is 12.5. The Kier molecular flexibility index (Phi) is 6.11. The van der Waals surface area contributed by atoms with Crippen molar-refractivity contribution in [1.82, 2.24) is 0 Å². The first kappa shape index (κ1) is 24.4. The Morgan fingerprint density at radius 1 is 0.821 bits per heavy atom. The predicted octanol–water partition coefficient (Wildman–Crippen LogP) is 6.69. The molecule has 0 bridgehead atoms. The number of nitrogens with zero attached hydrogens (tertiary/aromatic N) is 3. The second-order valence-corrected chi connectivity index (χ2v) is 9.81. The number of carbonyl (C=O) groups excluding carboxylic acids is 1. The molecule has 2 aliphatic rings. The summed E-state index contributed by atoms with van der Waals surface area (Å²) in [5, 5.41) is 17.3. The molecule has 0 radical (unpaired) electrons. The van der Waals surface area contributed by atoms with Crippen LogP contribution in [0, 0.1) is 16.7 Å². The topological polar surface area (TPSA) is 82.5 Å². The SMILES string of the molecule is N#CC1=C(N)[C@@]2(C(=O)N(c3ccccc3)N=C2c2ccccc2)C(c2ccccc2)=C[C@@H]1c1ccccc1Cl. The van der Waals surface area contributed by atoms with Crippen LogP contribution in [0.15, 0.2) is 138 Å².